The number of pyridine rings is 1. The highest BCUT2D eigenvalue weighted by Crippen LogP contribution is 2.23. The average molecular weight is 405 g/mol. The Morgan fingerprint density at radius 1 is 1.25 bits per heavy atom. The SMILES string of the molecule is Cc1cc(NC(=O)CSc2nnc(-c3ccncc3)o2)ccc1Br. The number of nitrogens with zero attached hydrogens (tertiary/aromatic N) is 3. The molecule has 122 valence electrons. The lowest BCUT2D eigenvalue weighted by atomic mass is 10.2. The zero-order valence-corrected chi connectivity index (χ0v) is 15.1. The number of carbonyl (C=O) groups is 1. The normalized spacial score (nSPS) is 10.6. The Balaban J connectivity index is 1.56. The molecule has 0 fully saturated rings. The van der Waals surface area contributed by atoms with Gasteiger partial charge in [-0.1, -0.05) is 27.7 Å². The molecule has 3 rings (SSSR count). The van der Waals surface area contributed by atoms with Crippen LogP contribution in [0.5, 0.6) is 0 Å². The number of thioether (sulfide) groups is 1. The molecule has 0 saturated carbocycles. The molecule has 24 heavy (non-hydrogen) atoms. The minimum atomic E-state index is -0.134. The summed E-state index contributed by atoms with van der Waals surface area (Å²) in [5.41, 5.74) is 2.60. The van der Waals surface area contributed by atoms with Crippen molar-refractivity contribution in [3.8, 4) is 11.5 Å². The molecule has 0 unspecified atom stereocenters. The number of amides is 1. The van der Waals surface area contributed by atoms with Gasteiger partial charge in [-0.15, -0.1) is 10.2 Å². The lowest BCUT2D eigenvalue weighted by Crippen LogP contribution is -2.14. The predicted molar refractivity (Wildman–Crippen MR) is 95.8 cm³/mol. The van der Waals surface area contributed by atoms with Gasteiger partial charge >= 0.3 is 0 Å². The van der Waals surface area contributed by atoms with Gasteiger partial charge in [0.2, 0.25) is 11.8 Å². The number of nitrogens with one attached hydrogen (secondary N) is 1. The van der Waals surface area contributed by atoms with E-state index in [1.165, 1.54) is 11.8 Å². The van der Waals surface area contributed by atoms with Crippen molar-refractivity contribution in [2.45, 2.75) is 12.1 Å². The van der Waals surface area contributed by atoms with E-state index >= 15 is 0 Å². The quantitative estimate of drug-likeness (QED) is 0.648. The summed E-state index contributed by atoms with van der Waals surface area (Å²) in [5.74, 6) is 0.460. The van der Waals surface area contributed by atoms with Crippen LogP contribution in [0.4, 0.5) is 5.69 Å². The van der Waals surface area contributed by atoms with Gasteiger partial charge in [0.25, 0.3) is 5.22 Å². The second-order valence-electron chi connectivity index (χ2n) is 4.91. The molecule has 2 aromatic heterocycles. The van der Waals surface area contributed by atoms with Crippen molar-refractivity contribution in [2.75, 3.05) is 11.1 Å². The van der Waals surface area contributed by atoms with E-state index in [0.717, 1.165) is 21.3 Å². The molecular formula is C16H13BrN4O2S. The molecule has 0 atom stereocenters. The zero-order chi connectivity index (χ0) is 16.9. The number of carbonyl (C=O) groups excluding carboxylic acids is 1. The van der Waals surface area contributed by atoms with Crippen LogP contribution >= 0.6 is 27.7 Å². The Morgan fingerprint density at radius 3 is 2.79 bits per heavy atom. The van der Waals surface area contributed by atoms with Crippen LogP contribution < -0.4 is 5.32 Å². The molecule has 0 spiro atoms. The number of benzene rings is 1. The molecule has 0 saturated heterocycles. The Labute approximate surface area is 151 Å². The van der Waals surface area contributed by atoms with Crippen LogP contribution in [0.25, 0.3) is 11.5 Å². The summed E-state index contributed by atoms with van der Waals surface area (Å²) in [7, 11) is 0. The first-order chi connectivity index (χ1) is 11.6. The lowest BCUT2D eigenvalue weighted by molar-refractivity contribution is -0.113. The Hall–Kier alpha value is -2.19. The first-order valence-electron chi connectivity index (χ1n) is 7.04. The van der Waals surface area contributed by atoms with Gasteiger partial charge in [-0.25, -0.2) is 0 Å². The predicted octanol–water partition coefficient (Wildman–Crippen LogP) is 3.93. The number of aryl methyl sites for hydroxylation is 1. The summed E-state index contributed by atoms with van der Waals surface area (Å²) in [6.45, 7) is 1.97. The highest BCUT2D eigenvalue weighted by molar-refractivity contribution is 9.10. The number of rotatable bonds is 5. The fourth-order valence-electron chi connectivity index (χ4n) is 1.93. The molecule has 0 aliphatic heterocycles. The first kappa shape index (κ1) is 16.7. The van der Waals surface area contributed by atoms with Crippen molar-refractivity contribution in [1.29, 1.82) is 0 Å². The summed E-state index contributed by atoms with van der Waals surface area (Å²) >= 11 is 4.62. The molecule has 8 heteroatoms. The molecule has 0 aliphatic rings. The van der Waals surface area contributed by atoms with Gasteiger partial charge in [0.1, 0.15) is 0 Å². The van der Waals surface area contributed by atoms with Gasteiger partial charge in [-0.05, 0) is 42.8 Å². The molecule has 1 amide bonds. The third kappa shape index (κ3) is 4.21. The van der Waals surface area contributed by atoms with Crippen molar-refractivity contribution < 1.29 is 9.21 Å². The highest BCUT2D eigenvalue weighted by atomic mass is 79.9. The molecular weight excluding hydrogens is 392 g/mol. The van der Waals surface area contributed by atoms with Gasteiger partial charge in [0.15, 0.2) is 0 Å². The zero-order valence-electron chi connectivity index (χ0n) is 12.7. The maximum Gasteiger partial charge on any atom is 0.277 e. The van der Waals surface area contributed by atoms with E-state index in [1.807, 2.05) is 25.1 Å². The van der Waals surface area contributed by atoms with Crippen molar-refractivity contribution >= 4 is 39.3 Å². The second-order valence-corrected chi connectivity index (χ2v) is 6.69. The molecule has 0 radical (unpaired) electrons. The van der Waals surface area contributed by atoms with Crippen molar-refractivity contribution in [2.24, 2.45) is 0 Å². The van der Waals surface area contributed by atoms with Gasteiger partial charge in [-0.2, -0.15) is 0 Å². The molecule has 0 aliphatic carbocycles. The van der Waals surface area contributed by atoms with E-state index in [4.69, 9.17) is 4.42 Å². The summed E-state index contributed by atoms with van der Waals surface area (Å²) in [4.78, 5) is 16.0. The maximum absolute atomic E-state index is 12.0. The summed E-state index contributed by atoms with van der Waals surface area (Å²) < 4.78 is 6.54. The lowest BCUT2D eigenvalue weighted by Gasteiger charge is -2.06. The van der Waals surface area contributed by atoms with Gasteiger partial charge in [0, 0.05) is 28.1 Å². The minimum absolute atomic E-state index is 0.134. The van der Waals surface area contributed by atoms with E-state index < -0.39 is 0 Å². The summed E-state index contributed by atoms with van der Waals surface area (Å²) in [6.07, 6.45) is 3.31. The van der Waals surface area contributed by atoms with Crippen LogP contribution in [-0.2, 0) is 4.79 Å². The third-order valence-electron chi connectivity index (χ3n) is 3.10. The Bertz CT molecular complexity index is 854. The van der Waals surface area contributed by atoms with E-state index in [0.29, 0.717) is 11.1 Å². The van der Waals surface area contributed by atoms with Gasteiger partial charge in [-0.3, -0.25) is 9.78 Å². The summed E-state index contributed by atoms with van der Waals surface area (Å²) in [5, 5.41) is 11.1. The van der Waals surface area contributed by atoms with Crippen molar-refractivity contribution in [1.82, 2.24) is 15.2 Å². The van der Waals surface area contributed by atoms with E-state index in [2.05, 4.69) is 36.4 Å². The van der Waals surface area contributed by atoms with E-state index in [-0.39, 0.29) is 11.7 Å². The van der Waals surface area contributed by atoms with Crippen LogP contribution in [0.1, 0.15) is 5.56 Å². The molecule has 0 bridgehead atoms. The molecule has 6 nitrogen and oxygen atoms in total. The largest absolute Gasteiger partial charge is 0.411 e. The first-order valence-corrected chi connectivity index (χ1v) is 8.82. The Morgan fingerprint density at radius 2 is 2.04 bits per heavy atom. The smallest absolute Gasteiger partial charge is 0.277 e. The molecule has 3 aromatic rings. The van der Waals surface area contributed by atoms with Crippen LogP contribution in [-0.4, -0.2) is 26.8 Å². The van der Waals surface area contributed by atoms with E-state index in [1.54, 1.807) is 24.5 Å². The average Bonchev–Trinajstić information content (AvgIpc) is 3.06. The third-order valence-corrected chi connectivity index (χ3v) is 4.81. The second kappa shape index (κ2) is 7.59. The van der Waals surface area contributed by atoms with Crippen molar-refractivity contribution in [3.05, 3.63) is 52.8 Å². The molecule has 2 heterocycles. The van der Waals surface area contributed by atoms with Crippen LogP contribution in [0, 0.1) is 6.92 Å². The molecule has 1 N–H and O–H groups in total. The highest BCUT2D eigenvalue weighted by Gasteiger charge is 2.11. The maximum atomic E-state index is 12.0. The van der Waals surface area contributed by atoms with Crippen LogP contribution in [0.15, 0.2) is 56.8 Å². The topological polar surface area (TPSA) is 80.9 Å². The fraction of sp³-hybridized carbons (Fsp3) is 0.125. The number of halogens is 1. The summed E-state index contributed by atoms with van der Waals surface area (Å²) in [6, 6.07) is 9.21. The monoisotopic (exact) mass is 404 g/mol. The van der Waals surface area contributed by atoms with Gasteiger partial charge in [0.05, 0.1) is 5.75 Å². The number of hydrogen-bond donors (Lipinski definition) is 1. The minimum Gasteiger partial charge on any atom is -0.411 e. The van der Waals surface area contributed by atoms with Crippen LogP contribution in [0.2, 0.25) is 0 Å². The van der Waals surface area contributed by atoms with E-state index in [9.17, 15) is 4.79 Å². The molecule has 1 aromatic carbocycles. The fourth-order valence-corrected chi connectivity index (χ4v) is 2.74. The Kier molecular flexibility index (Phi) is 5.27. The number of aromatic nitrogens is 3. The van der Waals surface area contributed by atoms with Gasteiger partial charge < -0.3 is 9.73 Å². The van der Waals surface area contributed by atoms with Crippen LogP contribution in [0.3, 0.4) is 0 Å². The number of hydrogen-bond acceptors (Lipinski definition) is 6. The standard InChI is InChI=1S/C16H13BrN4O2S/c1-10-8-12(2-3-13(10)17)19-14(22)9-24-16-21-20-15(23-16)11-4-6-18-7-5-11/h2-8H,9H2,1H3,(H,19,22). The van der Waals surface area contributed by atoms with Crippen molar-refractivity contribution in [3.63, 3.8) is 0 Å². The number of anilines is 1.